The number of rotatable bonds is 7. The highest BCUT2D eigenvalue weighted by atomic mass is 16.2. The molecule has 5 nitrogen and oxygen atoms in total. The number of hydrogen-bond donors (Lipinski definition) is 1. The average molecular weight is 317 g/mol. The third-order valence-corrected chi connectivity index (χ3v) is 4.08. The maximum atomic E-state index is 12.3. The molecule has 1 saturated heterocycles. The van der Waals surface area contributed by atoms with Crippen LogP contribution in [0.3, 0.4) is 0 Å². The number of aryl methyl sites for hydroxylation is 1. The van der Waals surface area contributed by atoms with E-state index in [1.807, 2.05) is 25.8 Å². The van der Waals surface area contributed by atoms with Crippen molar-refractivity contribution >= 4 is 11.9 Å². The minimum atomic E-state index is -0.375. The minimum absolute atomic E-state index is 0.114. The van der Waals surface area contributed by atoms with Gasteiger partial charge >= 0.3 is 6.03 Å². The Morgan fingerprint density at radius 2 is 1.78 bits per heavy atom. The van der Waals surface area contributed by atoms with E-state index in [4.69, 9.17) is 0 Å². The first-order chi connectivity index (χ1) is 10.9. The summed E-state index contributed by atoms with van der Waals surface area (Å²) in [5.41, 5.74) is 2.48. The molecular formula is C18H27N3O2. The molecule has 1 fully saturated rings. The molecule has 2 rings (SSSR count). The van der Waals surface area contributed by atoms with Crippen LogP contribution in [0.2, 0.25) is 0 Å². The molecule has 0 aliphatic carbocycles. The van der Waals surface area contributed by atoms with E-state index in [0.29, 0.717) is 25.6 Å². The summed E-state index contributed by atoms with van der Waals surface area (Å²) >= 11 is 0. The first kappa shape index (κ1) is 17.5. The van der Waals surface area contributed by atoms with Gasteiger partial charge in [-0.2, -0.15) is 0 Å². The Balaban J connectivity index is 1.92. The molecule has 5 heteroatoms. The predicted molar refractivity (Wildman–Crippen MR) is 90.8 cm³/mol. The lowest BCUT2D eigenvalue weighted by atomic mass is 10.0. The van der Waals surface area contributed by atoms with Gasteiger partial charge in [0.25, 0.3) is 5.91 Å². The van der Waals surface area contributed by atoms with Crippen molar-refractivity contribution in [3.8, 4) is 0 Å². The Bertz CT molecular complexity index is 554. The summed E-state index contributed by atoms with van der Waals surface area (Å²) in [7, 11) is 1.92. The quantitative estimate of drug-likeness (QED) is 0.787. The van der Waals surface area contributed by atoms with Gasteiger partial charge in [0, 0.05) is 6.54 Å². The number of hydrogen-bond acceptors (Lipinski definition) is 3. The van der Waals surface area contributed by atoms with Crippen LogP contribution in [-0.2, 0) is 17.8 Å². The Kier molecular flexibility index (Phi) is 5.77. The van der Waals surface area contributed by atoms with Crippen LogP contribution in [0, 0.1) is 5.92 Å². The summed E-state index contributed by atoms with van der Waals surface area (Å²) in [5, 5.41) is 2.78. The van der Waals surface area contributed by atoms with Gasteiger partial charge in [0.15, 0.2) is 0 Å². The van der Waals surface area contributed by atoms with Gasteiger partial charge < -0.3 is 5.32 Å². The summed E-state index contributed by atoms with van der Waals surface area (Å²) < 4.78 is 0. The number of imide groups is 1. The molecule has 1 aliphatic rings. The number of nitrogens with zero attached hydrogens (tertiary/aromatic N) is 2. The van der Waals surface area contributed by atoms with Crippen molar-refractivity contribution in [1.29, 1.82) is 0 Å². The van der Waals surface area contributed by atoms with Crippen LogP contribution < -0.4 is 5.32 Å². The number of urea groups is 1. The van der Waals surface area contributed by atoms with Crippen LogP contribution in [-0.4, -0.2) is 41.5 Å². The summed E-state index contributed by atoms with van der Waals surface area (Å²) in [4.78, 5) is 27.6. The number of carbonyl (C=O) groups is 2. The molecule has 1 atom stereocenters. The summed E-state index contributed by atoms with van der Waals surface area (Å²) in [6.07, 6.45) is 1.71. The number of carbonyl (C=O) groups excluding carboxylic acids is 2. The zero-order valence-electron chi connectivity index (χ0n) is 14.5. The molecule has 1 aromatic carbocycles. The third kappa shape index (κ3) is 4.55. The number of benzene rings is 1. The van der Waals surface area contributed by atoms with Gasteiger partial charge in [0.1, 0.15) is 6.04 Å². The lowest BCUT2D eigenvalue weighted by Crippen LogP contribution is -2.40. The Morgan fingerprint density at radius 3 is 2.35 bits per heavy atom. The first-order valence-electron chi connectivity index (χ1n) is 8.29. The minimum Gasteiger partial charge on any atom is -0.326 e. The monoisotopic (exact) mass is 317 g/mol. The fraction of sp³-hybridized carbons (Fsp3) is 0.556. The lowest BCUT2D eigenvalue weighted by Gasteiger charge is -2.22. The molecule has 0 spiro atoms. The van der Waals surface area contributed by atoms with Crippen molar-refractivity contribution in [2.75, 3.05) is 13.7 Å². The van der Waals surface area contributed by atoms with Gasteiger partial charge in [0.2, 0.25) is 0 Å². The first-order valence-corrected chi connectivity index (χ1v) is 8.29. The van der Waals surface area contributed by atoms with E-state index < -0.39 is 0 Å². The molecule has 1 heterocycles. The maximum Gasteiger partial charge on any atom is 0.325 e. The number of nitrogens with one attached hydrogen (secondary N) is 1. The van der Waals surface area contributed by atoms with E-state index in [1.165, 1.54) is 16.0 Å². The fourth-order valence-corrected chi connectivity index (χ4v) is 2.83. The smallest absolute Gasteiger partial charge is 0.325 e. The standard InChI is InChI=1S/C18H27N3O2/c1-5-14-6-8-15(9-7-14)11-20(4)12-21-17(22)16(10-13(2)3)19-18(21)23/h6-9,13,16H,5,10-12H2,1-4H3,(H,19,23). The molecule has 0 radical (unpaired) electrons. The van der Waals surface area contributed by atoms with Gasteiger partial charge in [-0.1, -0.05) is 45.0 Å². The highest BCUT2D eigenvalue weighted by molar-refractivity contribution is 6.04. The lowest BCUT2D eigenvalue weighted by molar-refractivity contribution is -0.129. The van der Waals surface area contributed by atoms with Crippen LogP contribution in [0.5, 0.6) is 0 Å². The second-order valence-electron chi connectivity index (χ2n) is 6.72. The molecule has 1 N–H and O–H groups in total. The molecule has 1 aliphatic heterocycles. The molecule has 3 amide bonds. The molecule has 126 valence electrons. The largest absolute Gasteiger partial charge is 0.326 e. The molecule has 23 heavy (non-hydrogen) atoms. The van der Waals surface area contributed by atoms with Crippen LogP contribution >= 0.6 is 0 Å². The molecule has 0 aromatic heterocycles. The summed E-state index contributed by atoms with van der Waals surface area (Å²) in [6, 6.07) is 7.78. The third-order valence-electron chi connectivity index (χ3n) is 4.08. The van der Waals surface area contributed by atoms with Crippen molar-refractivity contribution in [1.82, 2.24) is 15.1 Å². The van der Waals surface area contributed by atoms with Crippen LogP contribution in [0.1, 0.15) is 38.3 Å². The number of amides is 3. The van der Waals surface area contributed by atoms with Crippen molar-refractivity contribution < 1.29 is 9.59 Å². The molecule has 0 saturated carbocycles. The van der Waals surface area contributed by atoms with Gasteiger partial charge in [-0.05, 0) is 36.9 Å². The fourth-order valence-electron chi connectivity index (χ4n) is 2.83. The summed E-state index contributed by atoms with van der Waals surface area (Å²) in [6.45, 7) is 7.25. The van der Waals surface area contributed by atoms with Crippen molar-refractivity contribution in [2.45, 2.75) is 46.2 Å². The van der Waals surface area contributed by atoms with Crippen LogP contribution in [0.4, 0.5) is 4.79 Å². The maximum absolute atomic E-state index is 12.3. The van der Waals surface area contributed by atoms with Crippen molar-refractivity contribution in [3.05, 3.63) is 35.4 Å². The van der Waals surface area contributed by atoms with Gasteiger partial charge in [0.05, 0.1) is 6.67 Å². The Morgan fingerprint density at radius 1 is 1.17 bits per heavy atom. The average Bonchev–Trinajstić information content (AvgIpc) is 2.75. The zero-order chi connectivity index (χ0) is 17.0. The molecular weight excluding hydrogens is 290 g/mol. The van der Waals surface area contributed by atoms with Crippen LogP contribution in [0.15, 0.2) is 24.3 Å². The van der Waals surface area contributed by atoms with E-state index >= 15 is 0 Å². The highest BCUT2D eigenvalue weighted by Gasteiger charge is 2.38. The van der Waals surface area contributed by atoms with E-state index in [9.17, 15) is 9.59 Å². The van der Waals surface area contributed by atoms with Gasteiger partial charge in [-0.15, -0.1) is 0 Å². The van der Waals surface area contributed by atoms with Gasteiger partial charge in [-0.3, -0.25) is 9.69 Å². The zero-order valence-corrected chi connectivity index (χ0v) is 14.5. The second kappa shape index (κ2) is 7.59. The molecule has 0 bridgehead atoms. The van der Waals surface area contributed by atoms with E-state index in [2.05, 4.69) is 36.5 Å². The Hall–Kier alpha value is -1.88. The Labute approximate surface area is 138 Å². The molecule has 1 aromatic rings. The van der Waals surface area contributed by atoms with E-state index in [1.54, 1.807) is 0 Å². The predicted octanol–water partition coefficient (Wildman–Crippen LogP) is 2.60. The van der Waals surface area contributed by atoms with Crippen LogP contribution in [0.25, 0.3) is 0 Å². The second-order valence-corrected chi connectivity index (χ2v) is 6.72. The topological polar surface area (TPSA) is 52.6 Å². The molecule has 1 unspecified atom stereocenters. The van der Waals surface area contributed by atoms with Crippen molar-refractivity contribution in [2.24, 2.45) is 5.92 Å². The van der Waals surface area contributed by atoms with E-state index in [-0.39, 0.29) is 18.0 Å². The van der Waals surface area contributed by atoms with Gasteiger partial charge in [-0.25, -0.2) is 9.69 Å². The van der Waals surface area contributed by atoms with E-state index in [0.717, 1.165) is 6.42 Å². The summed E-state index contributed by atoms with van der Waals surface area (Å²) in [5.74, 6) is 0.260. The highest BCUT2D eigenvalue weighted by Crippen LogP contribution is 2.15. The normalized spacial score (nSPS) is 18.2. The SMILES string of the molecule is CCc1ccc(CN(C)CN2C(=O)NC(CC(C)C)C2=O)cc1. The van der Waals surface area contributed by atoms with Crippen molar-refractivity contribution in [3.63, 3.8) is 0 Å².